The summed E-state index contributed by atoms with van der Waals surface area (Å²) in [5.74, 6) is 0.548. The summed E-state index contributed by atoms with van der Waals surface area (Å²) in [6.45, 7) is 0.384. The number of methoxy groups -OCH3 is 1. The second-order valence-corrected chi connectivity index (χ2v) is 4.47. The van der Waals surface area contributed by atoms with Gasteiger partial charge in [-0.25, -0.2) is 0 Å². The molecule has 0 atom stereocenters. The van der Waals surface area contributed by atoms with Gasteiger partial charge in [0.2, 0.25) is 0 Å². The van der Waals surface area contributed by atoms with Crippen molar-refractivity contribution in [3.8, 4) is 5.75 Å². The predicted octanol–water partition coefficient (Wildman–Crippen LogP) is 2.71. The van der Waals surface area contributed by atoms with Crippen molar-refractivity contribution in [1.82, 2.24) is 0 Å². The highest BCUT2D eigenvalue weighted by atomic mass is 16.6. The maximum atomic E-state index is 11.0. The molecule has 0 radical (unpaired) electrons. The van der Waals surface area contributed by atoms with Crippen molar-refractivity contribution >= 4 is 11.4 Å². The molecule has 0 amide bonds. The maximum Gasteiger partial charge on any atom is 0.292 e. The highest BCUT2D eigenvalue weighted by Crippen LogP contribution is 2.29. The van der Waals surface area contributed by atoms with E-state index >= 15 is 0 Å². The largest absolute Gasteiger partial charge is 0.497 e. The minimum atomic E-state index is -0.439. The molecule has 6 heteroatoms. The van der Waals surface area contributed by atoms with Crippen LogP contribution in [0.15, 0.2) is 42.5 Å². The second-order valence-electron chi connectivity index (χ2n) is 4.47. The summed E-state index contributed by atoms with van der Waals surface area (Å²) in [5.41, 5.74) is 2.12. The SMILES string of the molecule is COc1ccc([N+](=O)[O-])c(NCc2cccc(CO)c2)c1. The summed E-state index contributed by atoms with van der Waals surface area (Å²) in [4.78, 5) is 10.6. The first-order valence-electron chi connectivity index (χ1n) is 6.39. The molecule has 0 heterocycles. The van der Waals surface area contributed by atoms with Crippen LogP contribution in [0.4, 0.5) is 11.4 Å². The van der Waals surface area contributed by atoms with Crippen LogP contribution in [-0.2, 0) is 13.2 Å². The third kappa shape index (κ3) is 3.70. The lowest BCUT2D eigenvalue weighted by Crippen LogP contribution is -2.03. The average molecular weight is 288 g/mol. The van der Waals surface area contributed by atoms with Crippen LogP contribution in [0.2, 0.25) is 0 Å². The van der Waals surface area contributed by atoms with Crippen molar-refractivity contribution in [2.24, 2.45) is 0 Å². The molecule has 21 heavy (non-hydrogen) atoms. The third-order valence-corrected chi connectivity index (χ3v) is 3.06. The van der Waals surface area contributed by atoms with Crippen LogP contribution in [0.3, 0.4) is 0 Å². The van der Waals surface area contributed by atoms with Crippen LogP contribution in [0.25, 0.3) is 0 Å². The smallest absolute Gasteiger partial charge is 0.292 e. The molecule has 6 nitrogen and oxygen atoms in total. The number of aliphatic hydroxyl groups is 1. The van der Waals surface area contributed by atoms with E-state index in [4.69, 9.17) is 9.84 Å². The summed E-state index contributed by atoms with van der Waals surface area (Å²) in [7, 11) is 1.51. The zero-order valence-corrected chi connectivity index (χ0v) is 11.6. The number of benzene rings is 2. The summed E-state index contributed by atoms with van der Waals surface area (Å²) >= 11 is 0. The number of hydrogen-bond donors (Lipinski definition) is 2. The maximum absolute atomic E-state index is 11.0. The Morgan fingerprint density at radius 2 is 2.00 bits per heavy atom. The molecule has 0 saturated heterocycles. The van der Waals surface area contributed by atoms with Crippen molar-refractivity contribution in [3.05, 3.63) is 63.7 Å². The number of anilines is 1. The second kappa shape index (κ2) is 6.71. The quantitative estimate of drug-likeness (QED) is 0.630. The van der Waals surface area contributed by atoms with Gasteiger partial charge in [0.15, 0.2) is 0 Å². The summed E-state index contributed by atoms with van der Waals surface area (Å²) in [6, 6.07) is 11.9. The molecule has 0 aliphatic rings. The minimum absolute atomic E-state index is 0.00545. The molecular weight excluding hydrogens is 272 g/mol. The number of ether oxygens (including phenoxy) is 1. The molecule has 0 bridgehead atoms. The summed E-state index contributed by atoms with van der Waals surface area (Å²) in [6.07, 6.45) is 0. The topological polar surface area (TPSA) is 84.6 Å². The van der Waals surface area contributed by atoms with Gasteiger partial charge in [-0.1, -0.05) is 24.3 Å². The normalized spacial score (nSPS) is 10.2. The predicted molar refractivity (Wildman–Crippen MR) is 79.3 cm³/mol. The van der Waals surface area contributed by atoms with E-state index in [2.05, 4.69) is 5.32 Å². The van der Waals surface area contributed by atoms with Crippen LogP contribution < -0.4 is 10.1 Å². The molecule has 0 fully saturated rings. The van der Waals surface area contributed by atoms with Gasteiger partial charge in [0.05, 0.1) is 18.6 Å². The molecule has 0 aliphatic heterocycles. The van der Waals surface area contributed by atoms with Crippen LogP contribution >= 0.6 is 0 Å². The molecule has 2 N–H and O–H groups in total. The number of rotatable bonds is 6. The highest BCUT2D eigenvalue weighted by molar-refractivity contribution is 5.64. The lowest BCUT2D eigenvalue weighted by Gasteiger charge is -2.09. The Morgan fingerprint density at radius 1 is 1.24 bits per heavy atom. The Labute approximate surface area is 122 Å². The van der Waals surface area contributed by atoms with Crippen molar-refractivity contribution < 1.29 is 14.8 Å². The monoisotopic (exact) mass is 288 g/mol. The lowest BCUT2D eigenvalue weighted by molar-refractivity contribution is -0.384. The van der Waals surface area contributed by atoms with Gasteiger partial charge >= 0.3 is 0 Å². The average Bonchev–Trinajstić information content (AvgIpc) is 2.52. The van der Waals surface area contributed by atoms with E-state index in [-0.39, 0.29) is 12.3 Å². The first-order chi connectivity index (χ1) is 10.1. The Balaban J connectivity index is 2.19. The van der Waals surface area contributed by atoms with Crippen molar-refractivity contribution in [2.75, 3.05) is 12.4 Å². The highest BCUT2D eigenvalue weighted by Gasteiger charge is 2.14. The molecule has 2 rings (SSSR count). The molecule has 0 aromatic heterocycles. The molecule has 2 aromatic rings. The molecule has 0 saturated carbocycles. The minimum Gasteiger partial charge on any atom is -0.497 e. The summed E-state index contributed by atoms with van der Waals surface area (Å²) in [5, 5.41) is 23.2. The van der Waals surface area contributed by atoms with E-state index in [9.17, 15) is 10.1 Å². The molecule has 2 aromatic carbocycles. The van der Waals surface area contributed by atoms with Crippen LogP contribution in [-0.4, -0.2) is 17.1 Å². The van der Waals surface area contributed by atoms with Crippen molar-refractivity contribution in [3.63, 3.8) is 0 Å². The Morgan fingerprint density at radius 3 is 2.67 bits per heavy atom. The lowest BCUT2D eigenvalue weighted by atomic mass is 10.1. The Kier molecular flexibility index (Phi) is 4.73. The number of nitro benzene ring substituents is 1. The fourth-order valence-corrected chi connectivity index (χ4v) is 1.98. The van der Waals surface area contributed by atoms with Gasteiger partial charge in [-0.3, -0.25) is 10.1 Å². The zero-order chi connectivity index (χ0) is 15.2. The number of aliphatic hydroxyl groups excluding tert-OH is 1. The van der Waals surface area contributed by atoms with E-state index in [1.807, 2.05) is 24.3 Å². The number of nitro groups is 1. The Hall–Kier alpha value is -2.60. The molecule has 0 spiro atoms. The van der Waals surface area contributed by atoms with Crippen LogP contribution in [0.5, 0.6) is 5.75 Å². The first kappa shape index (κ1) is 14.8. The standard InChI is InChI=1S/C15H16N2O4/c1-21-13-5-6-15(17(19)20)14(8-13)16-9-11-3-2-4-12(7-11)10-18/h2-8,16,18H,9-10H2,1H3. The van der Waals surface area contributed by atoms with E-state index in [1.165, 1.54) is 13.2 Å². The van der Waals surface area contributed by atoms with Gasteiger partial charge in [0.1, 0.15) is 11.4 Å². The Bertz CT molecular complexity index is 643. The van der Waals surface area contributed by atoms with Gasteiger partial charge in [0, 0.05) is 18.7 Å². The number of hydrogen-bond acceptors (Lipinski definition) is 5. The van der Waals surface area contributed by atoms with Gasteiger partial charge in [-0.2, -0.15) is 0 Å². The van der Waals surface area contributed by atoms with E-state index in [0.717, 1.165) is 11.1 Å². The fourth-order valence-electron chi connectivity index (χ4n) is 1.98. The van der Waals surface area contributed by atoms with Gasteiger partial charge in [0.25, 0.3) is 5.69 Å². The van der Waals surface area contributed by atoms with Gasteiger partial charge < -0.3 is 15.2 Å². The van der Waals surface area contributed by atoms with Crippen LogP contribution in [0, 0.1) is 10.1 Å². The van der Waals surface area contributed by atoms with E-state index in [0.29, 0.717) is 18.0 Å². The molecule has 110 valence electrons. The molecule has 0 aliphatic carbocycles. The zero-order valence-electron chi connectivity index (χ0n) is 11.6. The number of nitrogens with one attached hydrogen (secondary N) is 1. The van der Waals surface area contributed by atoms with E-state index in [1.54, 1.807) is 12.1 Å². The summed E-state index contributed by atoms with van der Waals surface area (Å²) < 4.78 is 5.08. The fraction of sp³-hybridized carbons (Fsp3) is 0.200. The molecular formula is C15H16N2O4. The van der Waals surface area contributed by atoms with Crippen molar-refractivity contribution in [2.45, 2.75) is 13.2 Å². The van der Waals surface area contributed by atoms with Crippen LogP contribution in [0.1, 0.15) is 11.1 Å². The van der Waals surface area contributed by atoms with Crippen molar-refractivity contribution in [1.29, 1.82) is 0 Å². The van der Waals surface area contributed by atoms with E-state index < -0.39 is 4.92 Å². The number of nitrogens with zero attached hydrogens (tertiary/aromatic N) is 1. The molecule has 0 unspecified atom stereocenters. The van der Waals surface area contributed by atoms with Gasteiger partial charge in [-0.05, 0) is 17.2 Å². The third-order valence-electron chi connectivity index (χ3n) is 3.06. The van der Waals surface area contributed by atoms with Gasteiger partial charge in [-0.15, -0.1) is 0 Å². The first-order valence-corrected chi connectivity index (χ1v) is 6.39.